The number of benzene rings is 1. The van der Waals surface area contributed by atoms with E-state index < -0.39 is 0 Å². The van der Waals surface area contributed by atoms with Gasteiger partial charge in [-0.2, -0.15) is 0 Å². The average Bonchev–Trinajstić information content (AvgIpc) is 3.11. The Balaban J connectivity index is 1.28. The van der Waals surface area contributed by atoms with Gasteiger partial charge in [0.1, 0.15) is 10.7 Å². The number of likely N-dealkylation sites (N-methyl/N-ethyl adjacent to an activating group) is 1. The molecule has 7 nitrogen and oxygen atoms in total. The molecule has 3 aromatic rings. The summed E-state index contributed by atoms with van der Waals surface area (Å²) in [5.41, 5.74) is 3.28. The quantitative estimate of drug-likeness (QED) is 0.495. The fourth-order valence-corrected chi connectivity index (χ4v) is 5.91. The number of thioether (sulfide) groups is 1. The summed E-state index contributed by atoms with van der Waals surface area (Å²) in [5.74, 6) is 1.08. The maximum absolute atomic E-state index is 12.7. The number of piperazine rings is 1. The summed E-state index contributed by atoms with van der Waals surface area (Å²) >= 11 is 3.02. The lowest BCUT2D eigenvalue weighted by atomic mass is 10.1. The predicted molar refractivity (Wildman–Crippen MR) is 142 cm³/mol. The number of amides is 1. The van der Waals surface area contributed by atoms with E-state index in [9.17, 15) is 9.59 Å². The maximum atomic E-state index is 12.7. The first kappa shape index (κ1) is 24.9. The van der Waals surface area contributed by atoms with Gasteiger partial charge in [-0.05, 0) is 44.5 Å². The molecule has 1 aliphatic rings. The minimum atomic E-state index is -0.249. The zero-order valence-electron chi connectivity index (χ0n) is 20.3. The molecule has 0 radical (unpaired) electrons. The Morgan fingerprint density at radius 1 is 1.24 bits per heavy atom. The molecule has 1 amide bonds. The predicted octanol–water partition coefficient (Wildman–Crippen LogP) is 3.29. The zero-order valence-corrected chi connectivity index (χ0v) is 21.9. The number of thiophene rings is 1. The number of hydrogen-bond donors (Lipinski definition) is 2. The van der Waals surface area contributed by atoms with E-state index in [4.69, 9.17) is 0 Å². The molecule has 1 atom stereocenters. The number of rotatable bonds is 8. The number of aromatic nitrogens is 2. The number of carbonyl (C=O) groups excluding carboxylic acids is 1. The Morgan fingerprint density at radius 2 is 1.97 bits per heavy atom. The van der Waals surface area contributed by atoms with Crippen LogP contribution in [0.25, 0.3) is 10.2 Å². The van der Waals surface area contributed by atoms with Crippen LogP contribution in [0.5, 0.6) is 0 Å². The fraction of sp³-hybridized carbons (Fsp3) is 0.480. The summed E-state index contributed by atoms with van der Waals surface area (Å²) in [7, 11) is 2.17. The van der Waals surface area contributed by atoms with Gasteiger partial charge in [-0.15, -0.1) is 23.1 Å². The van der Waals surface area contributed by atoms with Gasteiger partial charge < -0.3 is 15.2 Å². The van der Waals surface area contributed by atoms with Gasteiger partial charge >= 0.3 is 0 Å². The lowest BCUT2D eigenvalue weighted by molar-refractivity contribution is -0.120. The molecule has 0 aliphatic carbocycles. The molecule has 0 spiro atoms. The van der Waals surface area contributed by atoms with Crippen molar-refractivity contribution in [3.05, 3.63) is 62.0 Å². The molecule has 1 aliphatic heterocycles. The number of aromatic amines is 1. The number of aryl methyl sites for hydroxylation is 2. The monoisotopic (exact) mass is 499 g/mol. The molecule has 9 heteroatoms. The second-order valence-corrected chi connectivity index (χ2v) is 11.6. The van der Waals surface area contributed by atoms with E-state index in [0.29, 0.717) is 23.5 Å². The van der Waals surface area contributed by atoms with Gasteiger partial charge in [0.15, 0.2) is 0 Å². The molecule has 2 N–H and O–H groups in total. The molecule has 4 rings (SSSR count). The van der Waals surface area contributed by atoms with Crippen LogP contribution in [0.3, 0.4) is 0 Å². The Kier molecular flexibility index (Phi) is 8.08. The van der Waals surface area contributed by atoms with Crippen molar-refractivity contribution in [1.29, 1.82) is 0 Å². The van der Waals surface area contributed by atoms with Crippen LogP contribution in [0.15, 0.2) is 29.1 Å². The van der Waals surface area contributed by atoms with Gasteiger partial charge in [0.25, 0.3) is 5.56 Å². The van der Waals surface area contributed by atoms with Crippen molar-refractivity contribution in [2.75, 3.05) is 33.2 Å². The molecule has 3 heterocycles. The average molecular weight is 500 g/mol. The van der Waals surface area contributed by atoms with Crippen LogP contribution < -0.4 is 10.9 Å². The molecular formula is C25H33N5O2S2. The van der Waals surface area contributed by atoms with Crippen molar-refractivity contribution in [3.63, 3.8) is 0 Å². The second-order valence-electron chi connectivity index (χ2n) is 9.05. The van der Waals surface area contributed by atoms with Crippen molar-refractivity contribution < 1.29 is 4.79 Å². The van der Waals surface area contributed by atoms with Gasteiger partial charge in [-0.25, -0.2) is 4.98 Å². The van der Waals surface area contributed by atoms with Crippen molar-refractivity contribution in [3.8, 4) is 0 Å². The minimum absolute atomic E-state index is 0.0132. The highest BCUT2D eigenvalue weighted by Gasteiger charge is 2.17. The highest BCUT2D eigenvalue weighted by molar-refractivity contribution is 7.99. The Labute approximate surface area is 209 Å². The lowest BCUT2D eigenvalue weighted by Crippen LogP contribution is -2.43. The largest absolute Gasteiger partial charge is 0.351 e. The number of nitrogens with zero attached hydrogens (tertiary/aromatic N) is 3. The number of nitrogens with one attached hydrogen (secondary N) is 2. The Bertz CT molecular complexity index is 1210. The van der Waals surface area contributed by atoms with E-state index in [0.717, 1.165) is 53.6 Å². The highest BCUT2D eigenvalue weighted by Crippen LogP contribution is 2.26. The van der Waals surface area contributed by atoms with Gasteiger partial charge in [-0.1, -0.05) is 24.3 Å². The van der Waals surface area contributed by atoms with Crippen LogP contribution >= 0.6 is 23.1 Å². The summed E-state index contributed by atoms with van der Waals surface area (Å²) < 4.78 is 0. The normalized spacial score (nSPS) is 16.1. The van der Waals surface area contributed by atoms with Gasteiger partial charge in [-0.3, -0.25) is 14.5 Å². The number of fused-ring (bicyclic) bond motifs is 1. The first-order chi connectivity index (χ1) is 16.3. The molecule has 2 aromatic heterocycles. The second kappa shape index (κ2) is 11.0. The molecule has 1 unspecified atom stereocenters. The van der Waals surface area contributed by atoms with Crippen molar-refractivity contribution >= 4 is 39.2 Å². The third-order valence-corrected chi connectivity index (χ3v) is 8.64. The zero-order chi connectivity index (χ0) is 24.2. The summed E-state index contributed by atoms with van der Waals surface area (Å²) in [6.45, 7) is 11.7. The standard InChI is InChI=1S/C25H33N5O2S2/c1-16-17(2)34-25-22(16)24(32)27-21(28-25)15-33-18(3)23(31)26-13-19-6-5-7-20(12-19)14-30-10-8-29(4)9-11-30/h5-7,12,18H,8-11,13-15H2,1-4H3,(H,26,31)(H,27,28,32). The van der Waals surface area contributed by atoms with E-state index in [-0.39, 0.29) is 16.7 Å². The van der Waals surface area contributed by atoms with Crippen molar-refractivity contribution in [1.82, 2.24) is 25.1 Å². The third-order valence-electron chi connectivity index (χ3n) is 6.39. The lowest BCUT2D eigenvalue weighted by Gasteiger charge is -2.32. The van der Waals surface area contributed by atoms with E-state index in [1.165, 1.54) is 17.3 Å². The van der Waals surface area contributed by atoms with E-state index in [1.54, 1.807) is 11.3 Å². The molecular weight excluding hydrogens is 466 g/mol. The smallest absolute Gasteiger partial charge is 0.259 e. The van der Waals surface area contributed by atoms with Crippen LogP contribution in [0.2, 0.25) is 0 Å². The first-order valence-corrected chi connectivity index (χ1v) is 13.5. The SMILES string of the molecule is Cc1sc2nc(CSC(C)C(=O)NCc3cccc(CN4CCN(C)CC4)c3)[nH]c(=O)c2c1C. The van der Waals surface area contributed by atoms with E-state index in [1.807, 2.05) is 20.8 Å². The van der Waals surface area contributed by atoms with Crippen molar-refractivity contribution in [2.45, 2.75) is 44.9 Å². The van der Waals surface area contributed by atoms with Crippen molar-refractivity contribution in [2.24, 2.45) is 0 Å². The number of H-pyrrole nitrogens is 1. The van der Waals surface area contributed by atoms with Crippen LogP contribution in [0.4, 0.5) is 0 Å². The topological polar surface area (TPSA) is 81.3 Å². The number of carbonyl (C=O) groups is 1. The van der Waals surface area contributed by atoms with Crippen LogP contribution in [0.1, 0.15) is 34.3 Å². The highest BCUT2D eigenvalue weighted by atomic mass is 32.2. The van der Waals surface area contributed by atoms with Gasteiger partial charge in [0.2, 0.25) is 5.91 Å². The summed E-state index contributed by atoms with van der Waals surface area (Å²) in [6, 6.07) is 8.46. The van der Waals surface area contributed by atoms with E-state index >= 15 is 0 Å². The van der Waals surface area contributed by atoms with Crippen LogP contribution in [-0.4, -0.2) is 64.2 Å². The van der Waals surface area contributed by atoms with Crippen LogP contribution in [0, 0.1) is 13.8 Å². The van der Waals surface area contributed by atoms with Gasteiger partial charge in [0, 0.05) is 44.1 Å². The maximum Gasteiger partial charge on any atom is 0.259 e. The molecule has 1 aromatic carbocycles. The van der Waals surface area contributed by atoms with E-state index in [2.05, 4.69) is 56.4 Å². The molecule has 1 fully saturated rings. The molecule has 0 saturated carbocycles. The number of hydrogen-bond acceptors (Lipinski definition) is 7. The fourth-order valence-electron chi connectivity index (χ4n) is 4.08. The minimum Gasteiger partial charge on any atom is -0.351 e. The Morgan fingerprint density at radius 3 is 2.74 bits per heavy atom. The van der Waals surface area contributed by atoms with Gasteiger partial charge in [0.05, 0.1) is 16.4 Å². The Hall–Kier alpha value is -2.20. The molecule has 0 bridgehead atoms. The molecule has 1 saturated heterocycles. The summed E-state index contributed by atoms with van der Waals surface area (Å²) in [6.07, 6.45) is 0. The summed E-state index contributed by atoms with van der Waals surface area (Å²) in [5, 5.41) is 3.48. The summed E-state index contributed by atoms with van der Waals surface area (Å²) in [4.78, 5) is 39.3. The van der Waals surface area contributed by atoms with Crippen LogP contribution in [-0.2, 0) is 23.6 Å². The molecule has 34 heavy (non-hydrogen) atoms. The first-order valence-electron chi connectivity index (χ1n) is 11.7. The molecule has 182 valence electrons. The third kappa shape index (κ3) is 6.07.